The normalized spacial score (nSPS) is 10.9. The number of halogens is 1. The summed E-state index contributed by atoms with van der Waals surface area (Å²) in [6.07, 6.45) is 1.52. The minimum atomic E-state index is -1.11. The van der Waals surface area contributed by atoms with Gasteiger partial charge in [-0.15, -0.1) is 0 Å². The molecule has 3 aromatic rings. The van der Waals surface area contributed by atoms with E-state index in [1.807, 2.05) is 0 Å². The van der Waals surface area contributed by atoms with E-state index in [0.717, 1.165) is 0 Å². The number of amides is 2. The van der Waals surface area contributed by atoms with Crippen LogP contribution >= 0.6 is 15.9 Å². The lowest BCUT2D eigenvalue weighted by Crippen LogP contribution is -2.31. The van der Waals surface area contributed by atoms with Gasteiger partial charge >= 0.3 is 5.97 Å². The van der Waals surface area contributed by atoms with Crippen LogP contribution in [0.3, 0.4) is 0 Å². The van der Waals surface area contributed by atoms with Gasteiger partial charge in [-0.2, -0.15) is 0 Å². The Hall–Kier alpha value is -3.91. The summed E-state index contributed by atoms with van der Waals surface area (Å²) in [6.45, 7) is 0. The fraction of sp³-hybridized carbons (Fsp3) is 0.0417. The Labute approximate surface area is 192 Å². The Morgan fingerprint density at radius 1 is 0.969 bits per heavy atom. The molecule has 0 aliphatic carbocycles. The number of anilines is 1. The standard InChI is InChI=1S/C24H19BrN2O5/c1-32-18-11-9-15(10-12-18)13-21(27-22(28)19-7-2-3-8-20(19)25)23(29)26-17-6-4-5-16(14-17)24(30)31/h2-14H,1H3,(H,26,29)(H,27,28)(H,30,31). The topological polar surface area (TPSA) is 105 Å². The molecule has 0 spiro atoms. The van der Waals surface area contributed by atoms with Gasteiger partial charge in [0.05, 0.1) is 18.2 Å². The maximum atomic E-state index is 13.0. The Morgan fingerprint density at radius 2 is 1.69 bits per heavy atom. The molecule has 0 saturated carbocycles. The molecule has 0 heterocycles. The largest absolute Gasteiger partial charge is 0.497 e. The highest BCUT2D eigenvalue weighted by molar-refractivity contribution is 9.10. The molecule has 0 aliphatic heterocycles. The number of methoxy groups -OCH3 is 1. The van der Waals surface area contributed by atoms with E-state index in [2.05, 4.69) is 26.6 Å². The molecule has 0 fully saturated rings. The summed E-state index contributed by atoms with van der Waals surface area (Å²) in [4.78, 5) is 37.0. The van der Waals surface area contributed by atoms with E-state index in [4.69, 9.17) is 9.84 Å². The van der Waals surface area contributed by atoms with E-state index < -0.39 is 17.8 Å². The average Bonchev–Trinajstić information content (AvgIpc) is 2.79. The smallest absolute Gasteiger partial charge is 0.335 e. The summed E-state index contributed by atoms with van der Waals surface area (Å²) in [5.41, 5.74) is 1.31. The first kappa shape index (κ1) is 22.8. The predicted molar refractivity (Wildman–Crippen MR) is 125 cm³/mol. The number of benzene rings is 3. The molecular formula is C24H19BrN2O5. The molecule has 0 aromatic heterocycles. The second-order valence-corrected chi connectivity index (χ2v) is 7.46. The first-order valence-electron chi connectivity index (χ1n) is 9.43. The highest BCUT2D eigenvalue weighted by atomic mass is 79.9. The van der Waals surface area contributed by atoms with Gasteiger partial charge in [0.1, 0.15) is 11.4 Å². The minimum Gasteiger partial charge on any atom is -0.497 e. The van der Waals surface area contributed by atoms with E-state index in [1.54, 1.807) is 61.7 Å². The van der Waals surface area contributed by atoms with Gasteiger partial charge in [-0.3, -0.25) is 9.59 Å². The van der Waals surface area contributed by atoms with Crippen molar-refractivity contribution in [1.82, 2.24) is 5.32 Å². The first-order chi connectivity index (χ1) is 15.4. The van der Waals surface area contributed by atoms with E-state index >= 15 is 0 Å². The van der Waals surface area contributed by atoms with Crippen molar-refractivity contribution in [3.05, 3.63) is 99.7 Å². The van der Waals surface area contributed by atoms with Crippen molar-refractivity contribution in [2.45, 2.75) is 0 Å². The van der Waals surface area contributed by atoms with Crippen molar-refractivity contribution in [3.63, 3.8) is 0 Å². The summed E-state index contributed by atoms with van der Waals surface area (Å²) in [6, 6.07) is 19.6. The molecule has 0 aliphatic rings. The lowest BCUT2D eigenvalue weighted by molar-refractivity contribution is -0.113. The number of hydrogen-bond acceptors (Lipinski definition) is 4. The second-order valence-electron chi connectivity index (χ2n) is 6.61. The van der Waals surface area contributed by atoms with Crippen molar-refractivity contribution in [2.24, 2.45) is 0 Å². The highest BCUT2D eigenvalue weighted by Crippen LogP contribution is 2.18. The maximum absolute atomic E-state index is 13.0. The summed E-state index contributed by atoms with van der Waals surface area (Å²) in [7, 11) is 1.55. The van der Waals surface area contributed by atoms with Crippen LogP contribution in [0.1, 0.15) is 26.3 Å². The number of aromatic carboxylic acids is 1. The van der Waals surface area contributed by atoms with Gasteiger partial charge in [0.25, 0.3) is 11.8 Å². The van der Waals surface area contributed by atoms with Crippen LogP contribution in [0.15, 0.2) is 83.0 Å². The molecule has 0 bridgehead atoms. The fourth-order valence-electron chi connectivity index (χ4n) is 2.79. The Balaban J connectivity index is 1.91. The molecule has 3 aromatic carbocycles. The van der Waals surface area contributed by atoms with Gasteiger partial charge in [-0.1, -0.05) is 30.3 Å². The first-order valence-corrected chi connectivity index (χ1v) is 10.2. The number of carbonyl (C=O) groups excluding carboxylic acids is 2. The van der Waals surface area contributed by atoms with Crippen LogP contribution in [0.2, 0.25) is 0 Å². The third-order valence-corrected chi connectivity index (χ3v) is 5.10. The number of rotatable bonds is 7. The van der Waals surface area contributed by atoms with Gasteiger partial charge in [0, 0.05) is 10.2 Å². The highest BCUT2D eigenvalue weighted by Gasteiger charge is 2.17. The molecular weight excluding hydrogens is 476 g/mol. The Morgan fingerprint density at radius 3 is 2.34 bits per heavy atom. The number of carboxylic acid groups (broad SMARTS) is 1. The van der Waals surface area contributed by atoms with Gasteiger partial charge < -0.3 is 20.5 Å². The van der Waals surface area contributed by atoms with Crippen LogP contribution in [0.5, 0.6) is 5.75 Å². The third-order valence-electron chi connectivity index (χ3n) is 4.41. The predicted octanol–water partition coefficient (Wildman–Crippen LogP) is 4.57. The number of ether oxygens (including phenoxy) is 1. The molecule has 8 heteroatoms. The fourth-order valence-corrected chi connectivity index (χ4v) is 3.25. The van der Waals surface area contributed by atoms with Gasteiger partial charge in [-0.05, 0) is 70.0 Å². The average molecular weight is 495 g/mol. The summed E-state index contributed by atoms with van der Waals surface area (Å²) in [5.74, 6) is -1.55. The van der Waals surface area contributed by atoms with Crippen LogP contribution in [0.4, 0.5) is 5.69 Å². The van der Waals surface area contributed by atoms with Crippen LogP contribution in [-0.4, -0.2) is 30.0 Å². The molecule has 32 heavy (non-hydrogen) atoms. The van der Waals surface area contributed by atoms with Crippen molar-refractivity contribution in [1.29, 1.82) is 0 Å². The quantitative estimate of drug-likeness (QED) is 0.417. The summed E-state index contributed by atoms with van der Waals surface area (Å²) >= 11 is 3.33. The molecule has 7 nitrogen and oxygen atoms in total. The molecule has 3 N–H and O–H groups in total. The van der Waals surface area contributed by atoms with Crippen molar-refractivity contribution in [2.75, 3.05) is 12.4 Å². The van der Waals surface area contributed by atoms with Gasteiger partial charge in [0.15, 0.2) is 0 Å². The van der Waals surface area contributed by atoms with Crippen molar-refractivity contribution in [3.8, 4) is 5.75 Å². The third kappa shape index (κ3) is 5.83. The zero-order valence-electron chi connectivity index (χ0n) is 17.0. The van der Waals surface area contributed by atoms with E-state index in [1.165, 1.54) is 24.3 Å². The Bertz CT molecular complexity index is 1190. The van der Waals surface area contributed by atoms with Crippen LogP contribution in [-0.2, 0) is 4.79 Å². The molecule has 2 amide bonds. The van der Waals surface area contributed by atoms with Gasteiger partial charge in [-0.25, -0.2) is 4.79 Å². The number of carbonyl (C=O) groups is 3. The SMILES string of the molecule is COc1ccc(C=C(NC(=O)c2ccccc2Br)C(=O)Nc2cccc(C(=O)O)c2)cc1. The van der Waals surface area contributed by atoms with Crippen molar-refractivity contribution < 1.29 is 24.2 Å². The molecule has 3 rings (SSSR count). The number of nitrogens with one attached hydrogen (secondary N) is 2. The summed E-state index contributed by atoms with van der Waals surface area (Å²) < 4.78 is 5.72. The zero-order chi connectivity index (χ0) is 23.1. The van der Waals surface area contributed by atoms with Crippen molar-refractivity contribution >= 4 is 45.5 Å². The summed E-state index contributed by atoms with van der Waals surface area (Å²) in [5, 5.41) is 14.4. The monoisotopic (exact) mass is 494 g/mol. The van der Waals surface area contributed by atoms with E-state index in [9.17, 15) is 14.4 Å². The zero-order valence-corrected chi connectivity index (χ0v) is 18.5. The number of carboxylic acids is 1. The van der Waals surface area contributed by atoms with E-state index in [0.29, 0.717) is 21.3 Å². The molecule has 0 unspecified atom stereocenters. The maximum Gasteiger partial charge on any atom is 0.335 e. The van der Waals surface area contributed by atoms with Crippen LogP contribution in [0.25, 0.3) is 6.08 Å². The number of hydrogen-bond donors (Lipinski definition) is 3. The van der Waals surface area contributed by atoms with Crippen LogP contribution < -0.4 is 15.4 Å². The second kappa shape index (κ2) is 10.4. The van der Waals surface area contributed by atoms with Crippen LogP contribution in [0, 0.1) is 0 Å². The molecule has 0 saturated heterocycles. The Kier molecular flexibility index (Phi) is 7.41. The molecule has 0 radical (unpaired) electrons. The lowest BCUT2D eigenvalue weighted by Gasteiger charge is -2.12. The minimum absolute atomic E-state index is 0.0170. The van der Waals surface area contributed by atoms with Gasteiger partial charge in [0.2, 0.25) is 0 Å². The van der Waals surface area contributed by atoms with E-state index in [-0.39, 0.29) is 16.9 Å². The molecule has 162 valence electrons. The molecule has 0 atom stereocenters. The lowest BCUT2D eigenvalue weighted by atomic mass is 10.1.